The van der Waals surface area contributed by atoms with Crippen LogP contribution in [-0.2, 0) is 11.3 Å². The molecule has 0 unspecified atom stereocenters. The fourth-order valence-electron chi connectivity index (χ4n) is 1.62. The summed E-state index contributed by atoms with van der Waals surface area (Å²) in [6, 6.07) is 4.71. The van der Waals surface area contributed by atoms with Crippen molar-refractivity contribution in [1.82, 2.24) is 9.78 Å². The van der Waals surface area contributed by atoms with E-state index in [1.165, 1.54) is 24.1 Å². The van der Waals surface area contributed by atoms with Gasteiger partial charge in [0.05, 0.1) is 23.8 Å². The van der Waals surface area contributed by atoms with Gasteiger partial charge in [-0.05, 0) is 27.6 Å². The predicted octanol–water partition coefficient (Wildman–Crippen LogP) is 2.20. The maximum atomic E-state index is 13.4. The van der Waals surface area contributed by atoms with E-state index in [4.69, 9.17) is 5.73 Å². The van der Waals surface area contributed by atoms with Gasteiger partial charge in [0, 0.05) is 6.20 Å². The lowest BCUT2D eigenvalue weighted by Gasteiger charge is -2.05. The van der Waals surface area contributed by atoms with Crippen LogP contribution >= 0.6 is 15.9 Å². The second kappa shape index (κ2) is 5.40. The number of aromatic nitrogens is 2. The number of benzene rings is 1. The van der Waals surface area contributed by atoms with E-state index >= 15 is 0 Å². The molecule has 0 amide bonds. The highest BCUT2D eigenvalue weighted by atomic mass is 79.9. The van der Waals surface area contributed by atoms with Gasteiger partial charge in [-0.25, -0.2) is 9.18 Å². The molecule has 0 radical (unpaired) electrons. The molecule has 0 atom stereocenters. The molecule has 0 bridgehead atoms. The zero-order valence-corrected chi connectivity index (χ0v) is 11.6. The number of nitrogens with zero attached hydrogens (tertiary/aromatic N) is 2. The average Bonchev–Trinajstić information content (AvgIpc) is 2.75. The molecule has 1 heterocycles. The summed E-state index contributed by atoms with van der Waals surface area (Å²) in [6.07, 6.45) is 1.50. The van der Waals surface area contributed by atoms with Crippen LogP contribution in [0.4, 0.5) is 10.1 Å². The Kier molecular flexibility index (Phi) is 3.84. The van der Waals surface area contributed by atoms with Crippen molar-refractivity contribution in [3.05, 3.63) is 45.9 Å². The topological polar surface area (TPSA) is 70.1 Å². The Hall–Kier alpha value is -1.89. The van der Waals surface area contributed by atoms with Crippen molar-refractivity contribution in [3.8, 4) is 0 Å². The first-order valence-corrected chi connectivity index (χ1v) is 6.16. The molecule has 5 nitrogen and oxygen atoms in total. The first-order chi connectivity index (χ1) is 9.02. The second-order valence-corrected chi connectivity index (χ2v) is 4.63. The molecule has 1 aromatic heterocycles. The molecule has 0 spiro atoms. The second-order valence-electron chi connectivity index (χ2n) is 3.84. The van der Waals surface area contributed by atoms with Crippen LogP contribution in [0.1, 0.15) is 16.1 Å². The van der Waals surface area contributed by atoms with E-state index in [0.717, 1.165) is 0 Å². The minimum absolute atomic E-state index is 0.0509. The van der Waals surface area contributed by atoms with Crippen molar-refractivity contribution in [2.24, 2.45) is 0 Å². The van der Waals surface area contributed by atoms with Gasteiger partial charge in [-0.1, -0.05) is 12.1 Å². The van der Waals surface area contributed by atoms with Gasteiger partial charge in [0.1, 0.15) is 5.82 Å². The lowest BCUT2D eigenvalue weighted by Crippen LogP contribution is -2.07. The van der Waals surface area contributed by atoms with Crippen LogP contribution in [0, 0.1) is 5.82 Å². The molecule has 19 heavy (non-hydrogen) atoms. The molecule has 1 aromatic carbocycles. The third-order valence-corrected chi connectivity index (χ3v) is 3.42. The van der Waals surface area contributed by atoms with Crippen LogP contribution in [0.5, 0.6) is 0 Å². The highest BCUT2D eigenvalue weighted by Crippen LogP contribution is 2.22. The Labute approximate surface area is 117 Å². The number of hydrogen-bond donors (Lipinski definition) is 1. The van der Waals surface area contributed by atoms with Gasteiger partial charge < -0.3 is 10.5 Å². The minimum Gasteiger partial charge on any atom is -0.464 e. The SMILES string of the molecule is COC(=O)c1nn(Cc2cccc(F)c2Br)cc1N. The largest absolute Gasteiger partial charge is 0.464 e. The molecule has 2 aromatic rings. The Morgan fingerprint density at radius 1 is 1.58 bits per heavy atom. The van der Waals surface area contributed by atoms with E-state index in [0.29, 0.717) is 16.6 Å². The standard InChI is InChI=1S/C12H11BrFN3O2/c1-19-12(18)11-9(15)6-17(16-11)5-7-3-2-4-8(14)10(7)13/h2-4,6H,5,15H2,1H3. The van der Waals surface area contributed by atoms with Crippen LogP contribution < -0.4 is 5.73 Å². The number of methoxy groups -OCH3 is 1. The quantitative estimate of drug-likeness (QED) is 0.877. The number of rotatable bonds is 3. The molecular weight excluding hydrogens is 317 g/mol. The maximum absolute atomic E-state index is 13.4. The van der Waals surface area contributed by atoms with Crippen molar-refractivity contribution in [2.45, 2.75) is 6.54 Å². The van der Waals surface area contributed by atoms with E-state index in [2.05, 4.69) is 25.8 Å². The number of nitrogens with two attached hydrogens (primary N) is 1. The first kappa shape index (κ1) is 13.5. The Balaban J connectivity index is 2.29. The predicted molar refractivity (Wildman–Crippen MR) is 71.2 cm³/mol. The summed E-state index contributed by atoms with van der Waals surface area (Å²) in [5, 5.41) is 4.02. The monoisotopic (exact) mass is 327 g/mol. The summed E-state index contributed by atoms with van der Waals surface area (Å²) >= 11 is 3.17. The van der Waals surface area contributed by atoms with Gasteiger partial charge in [-0.15, -0.1) is 0 Å². The van der Waals surface area contributed by atoms with E-state index < -0.39 is 5.97 Å². The smallest absolute Gasteiger partial charge is 0.360 e. The van der Waals surface area contributed by atoms with Crippen LogP contribution in [0.2, 0.25) is 0 Å². The van der Waals surface area contributed by atoms with E-state index in [9.17, 15) is 9.18 Å². The third kappa shape index (κ3) is 2.76. The van der Waals surface area contributed by atoms with Crippen molar-refractivity contribution < 1.29 is 13.9 Å². The van der Waals surface area contributed by atoms with E-state index in [-0.39, 0.29) is 17.2 Å². The van der Waals surface area contributed by atoms with Crippen LogP contribution in [0.15, 0.2) is 28.9 Å². The minimum atomic E-state index is -0.602. The molecule has 0 aliphatic rings. The van der Waals surface area contributed by atoms with E-state index in [1.54, 1.807) is 12.1 Å². The summed E-state index contributed by atoms with van der Waals surface area (Å²) in [4.78, 5) is 11.4. The molecule has 0 saturated heterocycles. The molecule has 2 rings (SSSR count). The number of esters is 1. The summed E-state index contributed by atoms with van der Waals surface area (Å²) in [5.74, 6) is -0.958. The summed E-state index contributed by atoms with van der Waals surface area (Å²) in [5.41, 5.74) is 6.64. The number of nitrogen functional groups attached to an aromatic ring is 1. The molecule has 7 heteroatoms. The number of hydrogen-bond acceptors (Lipinski definition) is 4. The Bertz CT molecular complexity index is 627. The lowest BCUT2D eigenvalue weighted by molar-refractivity contribution is 0.0594. The molecule has 0 fully saturated rings. The highest BCUT2D eigenvalue weighted by molar-refractivity contribution is 9.10. The van der Waals surface area contributed by atoms with Crippen LogP contribution in [-0.4, -0.2) is 22.9 Å². The van der Waals surface area contributed by atoms with Gasteiger partial charge in [-0.2, -0.15) is 5.10 Å². The third-order valence-electron chi connectivity index (χ3n) is 2.53. The molecule has 0 aliphatic heterocycles. The highest BCUT2D eigenvalue weighted by Gasteiger charge is 2.16. The normalized spacial score (nSPS) is 10.5. The van der Waals surface area contributed by atoms with Gasteiger partial charge in [0.15, 0.2) is 5.69 Å². The fraction of sp³-hybridized carbons (Fsp3) is 0.167. The lowest BCUT2D eigenvalue weighted by atomic mass is 10.2. The molecule has 0 saturated carbocycles. The number of carbonyl (C=O) groups is 1. The Morgan fingerprint density at radius 3 is 3.00 bits per heavy atom. The van der Waals surface area contributed by atoms with Crippen LogP contribution in [0.3, 0.4) is 0 Å². The maximum Gasteiger partial charge on any atom is 0.360 e. The summed E-state index contributed by atoms with van der Waals surface area (Å²) in [6.45, 7) is 0.291. The first-order valence-electron chi connectivity index (χ1n) is 5.37. The number of anilines is 1. The number of ether oxygens (including phenoxy) is 1. The van der Waals surface area contributed by atoms with Crippen molar-refractivity contribution in [1.29, 1.82) is 0 Å². The average molecular weight is 328 g/mol. The van der Waals surface area contributed by atoms with Crippen molar-refractivity contribution in [3.63, 3.8) is 0 Å². The summed E-state index contributed by atoms with van der Waals surface area (Å²) in [7, 11) is 1.25. The molecule has 0 aliphatic carbocycles. The molecule has 100 valence electrons. The fourth-order valence-corrected chi connectivity index (χ4v) is 2.01. The van der Waals surface area contributed by atoms with Gasteiger partial charge in [-0.3, -0.25) is 4.68 Å². The van der Waals surface area contributed by atoms with Crippen LogP contribution in [0.25, 0.3) is 0 Å². The van der Waals surface area contributed by atoms with Gasteiger partial charge in [0.2, 0.25) is 0 Å². The zero-order chi connectivity index (χ0) is 14.0. The molecule has 2 N–H and O–H groups in total. The van der Waals surface area contributed by atoms with Gasteiger partial charge in [0.25, 0.3) is 0 Å². The molecular formula is C12H11BrFN3O2. The number of halogens is 2. The Morgan fingerprint density at radius 2 is 2.32 bits per heavy atom. The van der Waals surface area contributed by atoms with E-state index in [1.807, 2.05) is 0 Å². The summed E-state index contributed by atoms with van der Waals surface area (Å²) < 4.78 is 19.8. The van der Waals surface area contributed by atoms with Crippen molar-refractivity contribution in [2.75, 3.05) is 12.8 Å². The number of carbonyl (C=O) groups excluding carboxylic acids is 1. The zero-order valence-electron chi connectivity index (χ0n) is 10.1. The van der Waals surface area contributed by atoms with Gasteiger partial charge >= 0.3 is 5.97 Å². The van der Waals surface area contributed by atoms with Crippen molar-refractivity contribution >= 4 is 27.6 Å².